The molecule has 2 aromatic carbocycles. The van der Waals surface area contributed by atoms with Crippen LogP contribution in [-0.4, -0.2) is 15.2 Å². The normalized spacial score (nSPS) is 11.2. The van der Waals surface area contributed by atoms with E-state index in [1.54, 1.807) is 30.3 Å². The number of aromatic amines is 1. The van der Waals surface area contributed by atoms with Gasteiger partial charge < -0.3 is 15.2 Å². The van der Waals surface area contributed by atoms with Gasteiger partial charge in [-0.1, -0.05) is 54.1 Å². The maximum atomic E-state index is 14.2. The average molecular weight is 402 g/mol. The number of phenolic OH excluding ortho intramolecular Hbond substituents is 1. The summed E-state index contributed by atoms with van der Waals surface area (Å²) in [6.07, 6.45) is 0. The van der Waals surface area contributed by atoms with E-state index in [4.69, 9.17) is 11.6 Å². The van der Waals surface area contributed by atoms with Crippen LogP contribution in [0, 0.1) is 12.7 Å². The second kappa shape index (κ2) is 6.40. The van der Waals surface area contributed by atoms with Crippen LogP contribution in [0.4, 0.5) is 4.39 Å². The van der Waals surface area contributed by atoms with Gasteiger partial charge in [0, 0.05) is 11.1 Å². The van der Waals surface area contributed by atoms with E-state index in [1.807, 2.05) is 0 Å². The minimum absolute atomic E-state index is 0.0888. The molecule has 2 aromatic heterocycles. The predicted molar refractivity (Wildman–Crippen MR) is 106 cm³/mol. The molecule has 4 nitrogen and oxygen atoms in total. The molecule has 0 radical (unpaired) electrons. The largest absolute Gasteiger partial charge is 0.506 e. The lowest BCUT2D eigenvalue weighted by Crippen LogP contribution is -2.08. The maximum Gasteiger partial charge on any atom is 0.260 e. The van der Waals surface area contributed by atoms with Crippen molar-refractivity contribution in [3.8, 4) is 33.8 Å². The van der Waals surface area contributed by atoms with Crippen LogP contribution in [0.1, 0.15) is 5.56 Å². The average Bonchev–Trinajstić information content (AvgIpc) is 2.97. The Morgan fingerprint density at radius 3 is 2.44 bits per heavy atom. The predicted octanol–water partition coefficient (Wildman–Crippen LogP) is 5.44. The Labute approximate surface area is 162 Å². The Hall–Kier alpha value is -2.83. The first kappa shape index (κ1) is 17.6. The van der Waals surface area contributed by atoms with Crippen molar-refractivity contribution in [2.75, 3.05) is 0 Å². The van der Waals surface area contributed by atoms with Gasteiger partial charge in [-0.05, 0) is 18.1 Å². The van der Waals surface area contributed by atoms with Crippen LogP contribution >= 0.6 is 22.9 Å². The molecule has 0 aliphatic carbocycles. The van der Waals surface area contributed by atoms with Gasteiger partial charge >= 0.3 is 0 Å². The smallest absolute Gasteiger partial charge is 0.260 e. The molecule has 7 heteroatoms. The highest BCUT2D eigenvalue weighted by Gasteiger charge is 2.24. The molecule has 0 amide bonds. The summed E-state index contributed by atoms with van der Waals surface area (Å²) in [4.78, 5) is 15.6. The summed E-state index contributed by atoms with van der Waals surface area (Å²) >= 11 is 7.38. The number of aromatic hydroxyl groups is 2. The lowest BCUT2D eigenvalue weighted by Gasteiger charge is -2.10. The van der Waals surface area contributed by atoms with Crippen molar-refractivity contribution in [1.82, 2.24) is 4.98 Å². The molecule has 0 bridgehead atoms. The van der Waals surface area contributed by atoms with E-state index in [1.165, 1.54) is 19.1 Å². The molecule has 0 atom stereocenters. The molecule has 2 heterocycles. The number of rotatable bonds is 2. The highest BCUT2D eigenvalue weighted by atomic mass is 35.5. The Morgan fingerprint density at radius 1 is 1.04 bits per heavy atom. The van der Waals surface area contributed by atoms with Gasteiger partial charge in [0.05, 0.1) is 10.9 Å². The number of pyridine rings is 1. The molecule has 27 heavy (non-hydrogen) atoms. The van der Waals surface area contributed by atoms with Gasteiger partial charge in [0.2, 0.25) is 0 Å². The van der Waals surface area contributed by atoms with E-state index in [-0.39, 0.29) is 37.7 Å². The Kier molecular flexibility index (Phi) is 4.17. The summed E-state index contributed by atoms with van der Waals surface area (Å²) in [5.74, 6) is -1.57. The van der Waals surface area contributed by atoms with Gasteiger partial charge in [-0.3, -0.25) is 4.79 Å². The molecular formula is C20H13ClFNO3S. The third-order valence-electron chi connectivity index (χ3n) is 4.43. The molecule has 0 aliphatic rings. The van der Waals surface area contributed by atoms with Crippen molar-refractivity contribution in [3.63, 3.8) is 0 Å². The van der Waals surface area contributed by atoms with Crippen LogP contribution in [-0.2, 0) is 0 Å². The summed E-state index contributed by atoms with van der Waals surface area (Å²) in [6.45, 7) is 1.54. The zero-order valence-electron chi connectivity index (χ0n) is 14.0. The number of H-pyrrole nitrogens is 1. The van der Waals surface area contributed by atoms with Crippen LogP contribution in [0.25, 0.3) is 32.5 Å². The van der Waals surface area contributed by atoms with Crippen LogP contribution < -0.4 is 5.56 Å². The van der Waals surface area contributed by atoms with Gasteiger partial charge in [-0.25, -0.2) is 4.39 Å². The lowest BCUT2D eigenvalue weighted by atomic mass is 9.99. The summed E-state index contributed by atoms with van der Waals surface area (Å²) in [5, 5.41) is 21.5. The molecule has 0 fully saturated rings. The first-order valence-electron chi connectivity index (χ1n) is 8.01. The van der Waals surface area contributed by atoms with Gasteiger partial charge in [-0.15, -0.1) is 11.3 Å². The number of phenols is 1. The van der Waals surface area contributed by atoms with Gasteiger partial charge in [0.1, 0.15) is 14.9 Å². The molecule has 3 N–H and O–H groups in total. The van der Waals surface area contributed by atoms with Crippen molar-refractivity contribution in [2.45, 2.75) is 6.92 Å². The fourth-order valence-electron chi connectivity index (χ4n) is 3.10. The van der Waals surface area contributed by atoms with E-state index in [2.05, 4.69) is 4.98 Å². The van der Waals surface area contributed by atoms with Gasteiger partial charge in [-0.2, -0.15) is 0 Å². The number of hydrogen-bond donors (Lipinski definition) is 3. The van der Waals surface area contributed by atoms with Crippen molar-refractivity contribution in [3.05, 3.63) is 68.5 Å². The number of hydrogen-bond acceptors (Lipinski definition) is 4. The number of nitrogens with one attached hydrogen (secondary N) is 1. The SMILES string of the molecule is Cc1ccc(-c2c(Cl)sc3[nH]c(=O)c(-c4ccccc4)c(O)c23)c(O)c1F. The van der Waals surface area contributed by atoms with Gasteiger partial charge in [0.25, 0.3) is 5.56 Å². The summed E-state index contributed by atoms with van der Waals surface area (Å²) in [6, 6.07) is 11.8. The van der Waals surface area contributed by atoms with Crippen molar-refractivity contribution < 1.29 is 14.6 Å². The van der Waals surface area contributed by atoms with E-state index >= 15 is 0 Å². The molecular weight excluding hydrogens is 389 g/mol. The molecule has 4 aromatic rings. The molecule has 0 aliphatic heterocycles. The molecule has 0 spiro atoms. The molecule has 4 rings (SSSR count). The summed E-state index contributed by atoms with van der Waals surface area (Å²) < 4.78 is 14.4. The maximum absolute atomic E-state index is 14.2. The molecule has 136 valence electrons. The van der Waals surface area contributed by atoms with E-state index < -0.39 is 17.1 Å². The molecule has 0 saturated heterocycles. The lowest BCUT2D eigenvalue weighted by molar-refractivity contribution is 0.432. The first-order chi connectivity index (χ1) is 12.9. The number of aromatic nitrogens is 1. The topological polar surface area (TPSA) is 73.3 Å². The zero-order valence-corrected chi connectivity index (χ0v) is 15.6. The monoisotopic (exact) mass is 401 g/mol. The van der Waals surface area contributed by atoms with Crippen molar-refractivity contribution in [2.24, 2.45) is 0 Å². The summed E-state index contributed by atoms with van der Waals surface area (Å²) in [5.41, 5.74) is 0.871. The Balaban J connectivity index is 2.11. The Morgan fingerprint density at radius 2 is 1.74 bits per heavy atom. The fraction of sp³-hybridized carbons (Fsp3) is 0.0500. The minimum Gasteiger partial charge on any atom is -0.506 e. The number of benzene rings is 2. The van der Waals surface area contributed by atoms with Crippen LogP contribution in [0.15, 0.2) is 47.3 Å². The molecule has 0 saturated carbocycles. The third kappa shape index (κ3) is 2.69. The van der Waals surface area contributed by atoms with Crippen molar-refractivity contribution in [1.29, 1.82) is 0 Å². The fourth-order valence-corrected chi connectivity index (χ4v) is 4.46. The van der Waals surface area contributed by atoms with E-state index in [0.29, 0.717) is 10.4 Å². The summed E-state index contributed by atoms with van der Waals surface area (Å²) in [7, 11) is 0. The number of fused-ring (bicyclic) bond motifs is 1. The van der Waals surface area contributed by atoms with Crippen molar-refractivity contribution >= 4 is 33.2 Å². The minimum atomic E-state index is -0.755. The zero-order chi connectivity index (χ0) is 19.3. The Bertz CT molecular complexity index is 1250. The third-order valence-corrected chi connectivity index (χ3v) is 5.75. The van der Waals surface area contributed by atoms with Crippen LogP contribution in [0.2, 0.25) is 4.34 Å². The first-order valence-corrected chi connectivity index (χ1v) is 9.20. The molecule has 0 unspecified atom stereocenters. The number of thiophene rings is 1. The number of aryl methyl sites for hydroxylation is 1. The number of halogens is 2. The van der Waals surface area contributed by atoms with Crippen LogP contribution in [0.5, 0.6) is 11.5 Å². The highest BCUT2D eigenvalue weighted by molar-refractivity contribution is 7.23. The van der Waals surface area contributed by atoms with Gasteiger partial charge in [0.15, 0.2) is 11.6 Å². The second-order valence-electron chi connectivity index (χ2n) is 6.09. The highest BCUT2D eigenvalue weighted by Crippen LogP contribution is 2.49. The quantitative estimate of drug-likeness (QED) is 0.419. The standard InChI is InChI=1S/C20H13ClFNO3S/c1-9-7-8-11(16(24)15(9)22)13-14-17(25)12(10-5-3-2-4-6-10)19(26)23-20(14)27-18(13)21/h2-8,24H,1H3,(H2,23,25,26). The second-order valence-corrected chi connectivity index (χ2v) is 7.71. The van der Waals surface area contributed by atoms with Crippen LogP contribution in [0.3, 0.4) is 0 Å². The van der Waals surface area contributed by atoms with E-state index in [9.17, 15) is 19.4 Å². The van der Waals surface area contributed by atoms with E-state index in [0.717, 1.165) is 11.3 Å².